The van der Waals surface area contributed by atoms with Crippen molar-refractivity contribution in [3.05, 3.63) is 90.0 Å². The summed E-state index contributed by atoms with van der Waals surface area (Å²) in [7, 11) is 0. The summed E-state index contributed by atoms with van der Waals surface area (Å²) in [4.78, 5) is 12.0. The van der Waals surface area contributed by atoms with E-state index in [0.717, 1.165) is 61.5 Å². The molecule has 4 rings (SSSR count). The zero-order chi connectivity index (χ0) is 31.2. The van der Waals surface area contributed by atoms with Gasteiger partial charge in [-0.1, -0.05) is 56.5 Å². The van der Waals surface area contributed by atoms with Crippen LogP contribution in [0.1, 0.15) is 83.3 Å². The lowest BCUT2D eigenvalue weighted by atomic mass is 9.81. The number of amides is 1. The number of rotatable bonds is 18. The minimum Gasteiger partial charge on any atom is -0.494 e. The van der Waals surface area contributed by atoms with Crippen LogP contribution in [-0.4, -0.2) is 42.4 Å². The van der Waals surface area contributed by atoms with Crippen LogP contribution in [0.5, 0.6) is 5.75 Å². The number of benzene rings is 3. The molecule has 3 aromatic carbocycles. The Kier molecular flexibility index (Phi) is 12.6. The summed E-state index contributed by atoms with van der Waals surface area (Å²) in [6.07, 6.45) is 12.7. The number of hydrogen-bond donors (Lipinski definition) is 3. The van der Waals surface area contributed by atoms with Gasteiger partial charge in [-0.05, 0) is 81.1 Å². The van der Waals surface area contributed by atoms with Crippen molar-refractivity contribution in [1.29, 1.82) is 0 Å². The SMILES string of the molecule is CCCCCCOc1ccc(/C=C/C2=[N+](CCCCCC(=O)NCCN)c3ccc(Nc4ccccc4)cc3C2(C)C)cc1. The number of nitrogens with zero attached hydrogens (tertiary/aromatic N) is 1. The van der Waals surface area contributed by atoms with Crippen molar-refractivity contribution in [1.82, 2.24) is 5.32 Å². The summed E-state index contributed by atoms with van der Waals surface area (Å²) in [5, 5.41) is 6.44. The van der Waals surface area contributed by atoms with Crippen molar-refractivity contribution in [2.75, 3.05) is 31.6 Å². The molecule has 3 aromatic rings. The normalized spacial score (nSPS) is 13.7. The minimum atomic E-state index is -0.177. The van der Waals surface area contributed by atoms with E-state index in [1.54, 1.807) is 0 Å². The molecule has 0 saturated carbocycles. The van der Waals surface area contributed by atoms with Crippen molar-refractivity contribution in [2.24, 2.45) is 5.73 Å². The van der Waals surface area contributed by atoms with Crippen molar-refractivity contribution in [2.45, 2.75) is 77.6 Å². The molecule has 0 atom stereocenters. The Labute approximate surface area is 264 Å². The van der Waals surface area contributed by atoms with Gasteiger partial charge in [0.15, 0.2) is 5.71 Å². The number of para-hydroxylation sites is 1. The van der Waals surface area contributed by atoms with E-state index in [4.69, 9.17) is 10.5 Å². The number of ether oxygens (including phenoxy) is 1. The molecule has 0 unspecified atom stereocenters. The predicted octanol–water partition coefficient (Wildman–Crippen LogP) is 8.11. The summed E-state index contributed by atoms with van der Waals surface area (Å²) in [5.74, 6) is 1.02. The third-order valence-electron chi connectivity index (χ3n) is 8.29. The van der Waals surface area contributed by atoms with Crippen LogP contribution >= 0.6 is 0 Å². The summed E-state index contributed by atoms with van der Waals surface area (Å²) >= 11 is 0. The zero-order valence-corrected chi connectivity index (χ0v) is 26.9. The highest BCUT2D eigenvalue weighted by atomic mass is 16.5. The summed E-state index contributed by atoms with van der Waals surface area (Å²) in [6, 6.07) is 25.4. The Hall–Kier alpha value is -3.90. The smallest absolute Gasteiger partial charge is 0.220 e. The molecular weight excluding hydrogens is 544 g/mol. The lowest BCUT2D eigenvalue weighted by molar-refractivity contribution is -0.438. The van der Waals surface area contributed by atoms with E-state index in [9.17, 15) is 4.79 Å². The summed E-state index contributed by atoms with van der Waals surface area (Å²) < 4.78 is 8.43. The highest BCUT2D eigenvalue weighted by Gasteiger charge is 2.44. The number of nitrogens with one attached hydrogen (secondary N) is 2. The molecule has 0 bridgehead atoms. The van der Waals surface area contributed by atoms with Crippen LogP contribution in [0.4, 0.5) is 17.1 Å². The second kappa shape index (κ2) is 16.8. The molecule has 6 heteroatoms. The number of unbranched alkanes of at least 4 members (excludes halogenated alkanes) is 5. The summed E-state index contributed by atoms with van der Waals surface area (Å²) in [5.41, 5.74) is 12.5. The van der Waals surface area contributed by atoms with Gasteiger partial charge in [0.25, 0.3) is 0 Å². The Morgan fingerprint density at radius 1 is 0.886 bits per heavy atom. The maximum Gasteiger partial charge on any atom is 0.220 e. The van der Waals surface area contributed by atoms with E-state index in [2.05, 4.69) is 103 Å². The number of allylic oxidation sites excluding steroid dienone is 1. The van der Waals surface area contributed by atoms with Gasteiger partial charge in [-0.15, -0.1) is 0 Å². The second-order valence-electron chi connectivity index (χ2n) is 12.1. The highest BCUT2D eigenvalue weighted by molar-refractivity contribution is 6.05. The molecule has 1 aliphatic rings. The second-order valence-corrected chi connectivity index (χ2v) is 12.1. The van der Waals surface area contributed by atoms with E-state index in [1.165, 1.54) is 36.2 Å². The topological polar surface area (TPSA) is 79.4 Å². The molecule has 0 aromatic heterocycles. The van der Waals surface area contributed by atoms with E-state index >= 15 is 0 Å². The van der Waals surface area contributed by atoms with Gasteiger partial charge in [-0.25, -0.2) is 0 Å². The van der Waals surface area contributed by atoms with Crippen molar-refractivity contribution in [3.63, 3.8) is 0 Å². The van der Waals surface area contributed by atoms with Crippen molar-refractivity contribution in [3.8, 4) is 5.75 Å². The first-order valence-corrected chi connectivity index (χ1v) is 16.4. The molecule has 0 saturated heterocycles. The molecule has 1 aliphatic heterocycles. The van der Waals surface area contributed by atoms with Gasteiger partial charge in [0.05, 0.1) is 12.0 Å². The molecular formula is C38H51N4O2+. The molecule has 1 heterocycles. The lowest BCUT2D eigenvalue weighted by Gasteiger charge is -2.17. The number of anilines is 2. The first-order chi connectivity index (χ1) is 21.4. The number of carbonyl (C=O) groups is 1. The monoisotopic (exact) mass is 595 g/mol. The van der Waals surface area contributed by atoms with Crippen LogP contribution in [-0.2, 0) is 10.2 Å². The van der Waals surface area contributed by atoms with Gasteiger partial charge in [0.2, 0.25) is 11.6 Å². The minimum absolute atomic E-state index is 0.0876. The quantitative estimate of drug-likeness (QED) is 0.103. The highest BCUT2D eigenvalue weighted by Crippen LogP contribution is 2.42. The average Bonchev–Trinajstić information content (AvgIpc) is 3.24. The number of carbonyl (C=O) groups excluding carboxylic acids is 1. The van der Waals surface area contributed by atoms with Gasteiger partial charge in [0, 0.05) is 55.0 Å². The fourth-order valence-corrected chi connectivity index (χ4v) is 5.78. The maximum absolute atomic E-state index is 12.0. The number of fused-ring (bicyclic) bond motifs is 1. The Bertz CT molecular complexity index is 1390. The van der Waals surface area contributed by atoms with Gasteiger partial charge in [-0.2, -0.15) is 4.58 Å². The molecule has 6 nitrogen and oxygen atoms in total. The molecule has 4 N–H and O–H groups in total. The van der Waals surface area contributed by atoms with Crippen LogP contribution in [0, 0.1) is 0 Å². The van der Waals surface area contributed by atoms with Crippen LogP contribution < -0.4 is 21.1 Å². The first kappa shape index (κ1) is 33.0. The molecule has 0 aliphatic carbocycles. The predicted molar refractivity (Wildman–Crippen MR) is 185 cm³/mol. The van der Waals surface area contributed by atoms with Crippen LogP contribution in [0.15, 0.2) is 78.9 Å². The van der Waals surface area contributed by atoms with Crippen LogP contribution in [0.3, 0.4) is 0 Å². The van der Waals surface area contributed by atoms with Gasteiger partial charge in [-0.3, -0.25) is 4.79 Å². The molecule has 0 radical (unpaired) electrons. The Morgan fingerprint density at radius 2 is 1.66 bits per heavy atom. The fraction of sp³-hybridized carbons (Fsp3) is 0.421. The third kappa shape index (κ3) is 9.30. The fourth-order valence-electron chi connectivity index (χ4n) is 5.78. The molecule has 0 spiro atoms. The van der Waals surface area contributed by atoms with E-state index in [-0.39, 0.29) is 11.3 Å². The van der Waals surface area contributed by atoms with E-state index in [1.807, 2.05) is 18.2 Å². The summed E-state index contributed by atoms with van der Waals surface area (Å²) in [6.45, 7) is 9.54. The van der Waals surface area contributed by atoms with E-state index in [0.29, 0.717) is 19.5 Å². The molecule has 234 valence electrons. The third-order valence-corrected chi connectivity index (χ3v) is 8.29. The largest absolute Gasteiger partial charge is 0.494 e. The Morgan fingerprint density at radius 3 is 2.41 bits per heavy atom. The van der Waals surface area contributed by atoms with Crippen LogP contribution in [0.2, 0.25) is 0 Å². The Balaban J connectivity index is 1.49. The van der Waals surface area contributed by atoms with Crippen molar-refractivity contribution < 1.29 is 14.1 Å². The zero-order valence-electron chi connectivity index (χ0n) is 26.9. The van der Waals surface area contributed by atoms with Gasteiger partial charge in [0.1, 0.15) is 12.3 Å². The molecule has 44 heavy (non-hydrogen) atoms. The van der Waals surface area contributed by atoms with Crippen molar-refractivity contribution >= 4 is 34.8 Å². The lowest BCUT2D eigenvalue weighted by Crippen LogP contribution is -2.28. The number of hydrogen-bond acceptors (Lipinski definition) is 4. The number of nitrogens with two attached hydrogens (primary N) is 1. The van der Waals surface area contributed by atoms with Crippen LogP contribution in [0.25, 0.3) is 6.08 Å². The first-order valence-electron chi connectivity index (χ1n) is 16.4. The molecule has 0 fully saturated rings. The molecule has 1 amide bonds. The average molecular weight is 596 g/mol. The van der Waals surface area contributed by atoms with Gasteiger partial charge >= 0.3 is 0 Å². The van der Waals surface area contributed by atoms with Gasteiger partial charge < -0.3 is 21.1 Å². The maximum atomic E-state index is 12.0. The standard InChI is InChI=1S/C38H50N4O2/c1-4-5-6-13-28-44-33-21-17-30(18-22-33)19-24-36-38(2,3)34-29-32(41-31-14-9-7-10-15-31)20-23-35(34)42(36)27-12-8-11-16-37(43)40-26-25-39/h7,9-10,14-15,17-24,29,41H,4-6,8,11-13,16,25-28,39H2,1-3H3/p+1/b24-19+. The van der Waals surface area contributed by atoms with E-state index < -0.39 is 0 Å².